The van der Waals surface area contributed by atoms with Gasteiger partial charge in [0, 0.05) is 5.25 Å². The van der Waals surface area contributed by atoms with Gasteiger partial charge in [-0.2, -0.15) is 0 Å². The lowest BCUT2D eigenvalue weighted by atomic mass is 10.2. The topological polar surface area (TPSA) is 92.4 Å². The van der Waals surface area contributed by atoms with Crippen LogP contribution in [0, 0.1) is 0 Å². The standard InChI is InChI=1S/C16H18N2O4S/c1-3-10(2)23-16-17-12(14(19)20)13(15(21)22)18(16)9-11-7-5-4-6-8-11/h4-8,10H,3,9H2,1-2H3,(H,19,20)(H,21,22)/t10-/m1/s1. The predicted octanol–water partition coefficient (Wildman–Crippen LogP) is 3.22. The van der Waals surface area contributed by atoms with E-state index in [4.69, 9.17) is 0 Å². The van der Waals surface area contributed by atoms with Crippen LogP contribution in [0.1, 0.15) is 46.8 Å². The number of hydrogen-bond acceptors (Lipinski definition) is 4. The summed E-state index contributed by atoms with van der Waals surface area (Å²) < 4.78 is 1.47. The van der Waals surface area contributed by atoms with Crippen molar-refractivity contribution in [1.29, 1.82) is 0 Å². The van der Waals surface area contributed by atoms with Crippen molar-refractivity contribution in [2.45, 2.75) is 37.2 Å². The third-order valence-corrected chi connectivity index (χ3v) is 4.66. The van der Waals surface area contributed by atoms with Gasteiger partial charge in [-0.05, 0) is 12.0 Å². The van der Waals surface area contributed by atoms with Gasteiger partial charge in [0.2, 0.25) is 0 Å². The van der Waals surface area contributed by atoms with Crippen LogP contribution >= 0.6 is 11.8 Å². The van der Waals surface area contributed by atoms with E-state index in [1.54, 1.807) is 0 Å². The largest absolute Gasteiger partial charge is 0.476 e. The van der Waals surface area contributed by atoms with Gasteiger partial charge in [-0.25, -0.2) is 14.6 Å². The zero-order chi connectivity index (χ0) is 17.0. The molecule has 0 unspecified atom stereocenters. The summed E-state index contributed by atoms with van der Waals surface area (Å²) in [5, 5.41) is 19.3. The minimum Gasteiger partial charge on any atom is -0.476 e. The molecule has 1 aromatic heterocycles. The van der Waals surface area contributed by atoms with E-state index in [-0.39, 0.29) is 17.5 Å². The first-order valence-corrected chi connectivity index (χ1v) is 8.09. The third kappa shape index (κ3) is 3.92. The molecular weight excluding hydrogens is 316 g/mol. The van der Waals surface area contributed by atoms with Crippen molar-refractivity contribution in [2.24, 2.45) is 0 Å². The van der Waals surface area contributed by atoms with Gasteiger partial charge in [0.25, 0.3) is 0 Å². The molecule has 2 N–H and O–H groups in total. The van der Waals surface area contributed by atoms with E-state index in [1.165, 1.54) is 16.3 Å². The molecule has 23 heavy (non-hydrogen) atoms. The van der Waals surface area contributed by atoms with Crippen LogP contribution in [0.2, 0.25) is 0 Å². The monoisotopic (exact) mass is 334 g/mol. The quantitative estimate of drug-likeness (QED) is 0.755. The molecule has 0 amide bonds. The molecule has 1 heterocycles. The SMILES string of the molecule is CC[C@@H](C)Sc1nc(C(=O)O)c(C(=O)O)n1Cc1ccccc1. The molecule has 1 aromatic carbocycles. The molecular formula is C16H18N2O4S. The van der Waals surface area contributed by atoms with Crippen molar-refractivity contribution in [2.75, 3.05) is 0 Å². The number of imidazole rings is 1. The molecule has 0 bridgehead atoms. The van der Waals surface area contributed by atoms with E-state index in [9.17, 15) is 19.8 Å². The number of aromatic nitrogens is 2. The van der Waals surface area contributed by atoms with Gasteiger partial charge < -0.3 is 14.8 Å². The Morgan fingerprint density at radius 2 is 1.87 bits per heavy atom. The van der Waals surface area contributed by atoms with Crippen LogP contribution in [0.3, 0.4) is 0 Å². The summed E-state index contributed by atoms with van der Waals surface area (Å²) in [7, 11) is 0. The fourth-order valence-electron chi connectivity index (χ4n) is 2.06. The smallest absolute Gasteiger partial charge is 0.357 e. The lowest BCUT2D eigenvalue weighted by molar-refractivity contribution is 0.0640. The van der Waals surface area contributed by atoms with Crippen molar-refractivity contribution < 1.29 is 19.8 Å². The number of benzene rings is 1. The van der Waals surface area contributed by atoms with Crippen LogP contribution in [0.5, 0.6) is 0 Å². The van der Waals surface area contributed by atoms with Gasteiger partial charge in [0.1, 0.15) is 0 Å². The molecule has 1 atom stereocenters. The van der Waals surface area contributed by atoms with E-state index in [2.05, 4.69) is 4.98 Å². The highest BCUT2D eigenvalue weighted by Crippen LogP contribution is 2.28. The van der Waals surface area contributed by atoms with Gasteiger partial charge in [-0.3, -0.25) is 0 Å². The van der Waals surface area contributed by atoms with Crippen molar-refractivity contribution in [3.63, 3.8) is 0 Å². The van der Waals surface area contributed by atoms with E-state index in [1.807, 2.05) is 44.2 Å². The highest BCUT2D eigenvalue weighted by atomic mass is 32.2. The van der Waals surface area contributed by atoms with Gasteiger partial charge >= 0.3 is 11.9 Å². The average molecular weight is 334 g/mol. The summed E-state index contributed by atoms with van der Waals surface area (Å²) in [5.41, 5.74) is 0.182. The molecule has 7 heteroatoms. The number of carboxylic acids is 2. The van der Waals surface area contributed by atoms with Crippen molar-refractivity contribution in [3.8, 4) is 0 Å². The first-order valence-electron chi connectivity index (χ1n) is 7.21. The number of aromatic carboxylic acids is 2. The van der Waals surface area contributed by atoms with E-state index in [0.717, 1.165) is 12.0 Å². The number of carbonyl (C=O) groups is 2. The number of hydrogen-bond donors (Lipinski definition) is 2. The van der Waals surface area contributed by atoms with Crippen molar-refractivity contribution in [3.05, 3.63) is 47.3 Å². The Balaban J connectivity index is 2.54. The summed E-state index contributed by atoms with van der Waals surface area (Å²) in [6.45, 7) is 4.27. The summed E-state index contributed by atoms with van der Waals surface area (Å²) in [4.78, 5) is 27.0. The van der Waals surface area contributed by atoms with E-state index >= 15 is 0 Å². The molecule has 0 fully saturated rings. The number of nitrogens with zero attached hydrogens (tertiary/aromatic N) is 2. The predicted molar refractivity (Wildman–Crippen MR) is 87.3 cm³/mol. The fourth-order valence-corrected chi connectivity index (χ4v) is 3.02. The number of rotatable bonds is 7. The van der Waals surface area contributed by atoms with Crippen LogP contribution in [-0.4, -0.2) is 37.0 Å². The Bertz CT molecular complexity index is 712. The summed E-state index contributed by atoms with van der Waals surface area (Å²) in [6.07, 6.45) is 0.869. The van der Waals surface area contributed by atoms with E-state index in [0.29, 0.717) is 5.16 Å². The molecule has 0 spiro atoms. The van der Waals surface area contributed by atoms with Gasteiger partial charge in [-0.15, -0.1) is 0 Å². The molecule has 0 radical (unpaired) electrons. The Kier molecular flexibility index (Phi) is 5.44. The maximum atomic E-state index is 11.6. The van der Waals surface area contributed by atoms with Crippen molar-refractivity contribution in [1.82, 2.24) is 9.55 Å². The Morgan fingerprint density at radius 1 is 1.22 bits per heavy atom. The Morgan fingerprint density at radius 3 is 2.39 bits per heavy atom. The number of thioether (sulfide) groups is 1. The van der Waals surface area contributed by atoms with Crippen LogP contribution in [0.4, 0.5) is 0 Å². The zero-order valence-electron chi connectivity index (χ0n) is 12.9. The normalized spacial score (nSPS) is 12.1. The molecule has 0 aliphatic carbocycles. The van der Waals surface area contributed by atoms with Gasteiger partial charge in [0.05, 0.1) is 6.54 Å². The third-order valence-electron chi connectivity index (χ3n) is 3.40. The maximum Gasteiger partial charge on any atom is 0.357 e. The lowest BCUT2D eigenvalue weighted by Crippen LogP contribution is -2.14. The highest BCUT2D eigenvalue weighted by Gasteiger charge is 2.27. The lowest BCUT2D eigenvalue weighted by Gasteiger charge is -2.12. The average Bonchev–Trinajstić information content (AvgIpc) is 2.87. The maximum absolute atomic E-state index is 11.6. The van der Waals surface area contributed by atoms with Crippen LogP contribution in [0.15, 0.2) is 35.5 Å². The van der Waals surface area contributed by atoms with Crippen molar-refractivity contribution >= 4 is 23.7 Å². The first kappa shape index (κ1) is 17.1. The second-order valence-electron chi connectivity index (χ2n) is 5.11. The molecule has 2 rings (SSSR count). The van der Waals surface area contributed by atoms with Gasteiger partial charge in [-0.1, -0.05) is 55.9 Å². The molecule has 0 saturated carbocycles. The fraction of sp³-hybridized carbons (Fsp3) is 0.312. The zero-order valence-corrected chi connectivity index (χ0v) is 13.7. The molecule has 0 saturated heterocycles. The summed E-state index contributed by atoms with van der Waals surface area (Å²) >= 11 is 1.38. The van der Waals surface area contributed by atoms with E-state index < -0.39 is 17.6 Å². The first-order chi connectivity index (χ1) is 10.9. The van der Waals surface area contributed by atoms with Crippen LogP contribution in [-0.2, 0) is 6.54 Å². The highest BCUT2D eigenvalue weighted by molar-refractivity contribution is 7.99. The summed E-state index contributed by atoms with van der Waals surface area (Å²) in [6, 6.07) is 9.30. The molecule has 0 aliphatic heterocycles. The van der Waals surface area contributed by atoms with Crippen LogP contribution in [0.25, 0.3) is 0 Å². The van der Waals surface area contributed by atoms with Crippen LogP contribution < -0.4 is 0 Å². The molecule has 122 valence electrons. The second kappa shape index (κ2) is 7.32. The minimum absolute atomic E-state index is 0.204. The number of carboxylic acid groups (broad SMARTS) is 2. The second-order valence-corrected chi connectivity index (χ2v) is 6.52. The minimum atomic E-state index is -1.33. The Hall–Kier alpha value is -2.28. The molecule has 6 nitrogen and oxygen atoms in total. The Labute approximate surface area is 138 Å². The molecule has 2 aromatic rings. The summed E-state index contributed by atoms with van der Waals surface area (Å²) in [5.74, 6) is -2.62. The van der Waals surface area contributed by atoms with Gasteiger partial charge in [0.15, 0.2) is 16.5 Å². The molecule has 0 aliphatic rings.